The van der Waals surface area contributed by atoms with Crippen LogP contribution in [0.25, 0.3) is 0 Å². The number of hydrogen-bond acceptors (Lipinski definition) is 2. The fourth-order valence-electron chi connectivity index (χ4n) is 1.81. The molecule has 1 N–H and O–H groups in total. The fraction of sp³-hybridized carbons (Fsp3) is 0.900. The highest BCUT2D eigenvalue weighted by Crippen LogP contribution is 2.14. The van der Waals surface area contributed by atoms with Gasteiger partial charge in [0.2, 0.25) is 5.91 Å². The van der Waals surface area contributed by atoms with Crippen molar-refractivity contribution in [3.8, 4) is 0 Å². The van der Waals surface area contributed by atoms with Crippen molar-refractivity contribution in [3.05, 3.63) is 0 Å². The molecular formula is C10H20N2O. The van der Waals surface area contributed by atoms with E-state index in [-0.39, 0.29) is 5.91 Å². The molecule has 0 aromatic heterocycles. The molecule has 0 bridgehead atoms. The Hall–Kier alpha value is -0.570. The Bertz CT molecular complexity index is 189. The first-order valence-corrected chi connectivity index (χ1v) is 5.06. The zero-order valence-electron chi connectivity index (χ0n) is 9.00. The zero-order valence-corrected chi connectivity index (χ0v) is 9.00. The maximum absolute atomic E-state index is 11.5. The average Bonchev–Trinajstić information content (AvgIpc) is 2.29. The first-order valence-electron chi connectivity index (χ1n) is 5.06. The molecule has 3 nitrogen and oxygen atoms in total. The summed E-state index contributed by atoms with van der Waals surface area (Å²) in [6, 6.07) is 1.16. The van der Waals surface area contributed by atoms with Crippen molar-refractivity contribution >= 4 is 5.91 Å². The summed E-state index contributed by atoms with van der Waals surface area (Å²) in [5.41, 5.74) is 0. The Morgan fingerprint density at radius 1 is 1.38 bits per heavy atom. The minimum atomic E-state index is 0.285. The van der Waals surface area contributed by atoms with E-state index in [2.05, 4.69) is 33.0 Å². The molecule has 1 rings (SSSR count). The molecule has 1 amide bonds. The SMILES string of the molecule is CC(C)NC1CC(=O)N(C(C)C)C1. The van der Waals surface area contributed by atoms with Crippen LogP contribution >= 0.6 is 0 Å². The summed E-state index contributed by atoms with van der Waals surface area (Å²) >= 11 is 0. The van der Waals surface area contributed by atoms with Crippen molar-refractivity contribution in [2.24, 2.45) is 0 Å². The van der Waals surface area contributed by atoms with Crippen molar-refractivity contribution in [3.63, 3.8) is 0 Å². The van der Waals surface area contributed by atoms with Crippen LogP contribution in [0.2, 0.25) is 0 Å². The number of rotatable bonds is 3. The van der Waals surface area contributed by atoms with Crippen LogP contribution in [0.3, 0.4) is 0 Å². The highest BCUT2D eigenvalue weighted by molar-refractivity contribution is 5.79. The molecule has 3 heteroatoms. The Morgan fingerprint density at radius 3 is 2.38 bits per heavy atom. The Labute approximate surface area is 80.5 Å². The highest BCUT2D eigenvalue weighted by Gasteiger charge is 2.30. The molecule has 1 atom stereocenters. The van der Waals surface area contributed by atoms with E-state index in [0.717, 1.165) is 6.54 Å². The van der Waals surface area contributed by atoms with Crippen LogP contribution in [0.1, 0.15) is 34.1 Å². The van der Waals surface area contributed by atoms with Crippen LogP contribution in [0.4, 0.5) is 0 Å². The molecule has 0 spiro atoms. The summed E-state index contributed by atoms with van der Waals surface area (Å²) in [7, 11) is 0. The Balaban J connectivity index is 2.45. The summed E-state index contributed by atoms with van der Waals surface area (Å²) in [5.74, 6) is 0.285. The number of nitrogens with zero attached hydrogens (tertiary/aromatic N) is 1. The number of amides is 1. The number of hydrogen-bond donors (Lipinski definition) is 1. The van der Waals surface area contributed by atoms with Crippen molar-refractivity contribution in [2.75, 3.05) is 6.54 Å². The molecule has 76 valence electrons. The van der Waals surface area contributed by atoms with E-state index in [4.69, 9.17) is 0 Å². The third-order valence-corrected chi connectivity index (χ3v) is 2.35. The number of likely N-dealkylation sites (tertiary alicyclic amines) is 1. The van der Waals surface area contributed by atoms with Gasteiger partial charge < -0.3 is 10.2 Å². The van der Waals surface area contributed by atoms with Gasteiger partial charge in [0.25, 0.3) is 0 Å². The quantitative estimate of drug-likeness (QED) is 0.709. The third kappa shape index (κ3) is 2.69. The molecule has 1 heterocycles. The molecule has 1 aliphatic heterocycles. The Morgan fingerprint density at radius 2 is 2.00 bits per heavy atom. The van der Waals surface area contributed by atoms with Gasteiger partial charge in [-0.2, -0.15) is 0 Å². The zero-order chi connectivity index (χ0) is 10.0. The van der Waals surface area contributed by atoms with Gasteiger partial charge in [0.1, 0.15) is 0 Å². The lowest BCUT2D eigenvalue weighted by Gasteiger charge is -2.21. The highest BCUT2D eigenvalue weighted by atomic mass is 16.2. The minimum Gasteiger partial charge on any atom is -0.339 e. The smallest absolute Gasteiger partial charge is 0.224 e. The molecule has 0 saturated carbocycles. The summed E-state index contributed by atoms with van der Waals surface area (Å²) < 4.78 is 0. The van der Waals surface area contributed by atoms with Gasteiger partial charge in [-0.15, -0.1) is 0 Å². The first kappa shape index (κ1) is 10.5. The van der Waals surface area contributed by atoms with E-state index in [9.17, 15) is 4.79 Å². The summed E-state index contributed by atoms with van der Waals surface area (Å²) in [6.45, 7) is 9.23. The van der Waals surface area contributed by atoms with E-state index < -0.39 is 0 Å². The van der Waals surface area contributed by atoms with E-state index in [0.29, 0.717) is 24.5 Å². The van der Waals surface area contributed by atoms with Gasteiger partial charge in [0.05, 0.1) is 0 Å². The molecule has 0 aromatic carbocycles. The molecule has 0 aliphatic carbocycles. The van der Waals surface area contributed by atoms with Crippen molar-refractivity contribution in [1.82, 2.24) is 10.2 Å². The molecule has 0 aromatic rings. The molecule has 13 heavy (non-hydrogen) atoms. The predicted molar refractivity (Wildman–Crippen MR) is 53.5 cm³/mol. The first-order chi connectivity index (χ1) is 6.00. The second kappa shape index (κ2) is 4.09. The molecule has 1 fully saturated rings. The normalized spacial score (nSPS) is 23.7. The number of nitrogens with one attached hydrogen (secondary N) is 1. The van der Waals surface area contributed by atoms with E-state index in [1.54, 1.807) is 0 Å². The Kier molecular flexibility index (Phi) is 3.31. The lowest BCUT2D eigenvalue weighted by Crippen LogP contribution is -2.38. The largest absolute Gasteiger partial charge is 0.339 e. The van der Waals surface area contributed by atoms with Crippen LogP contribution in [0.15, 0.2) is 0 Å². The third-order valence-electron chi connectivity index (χ3n) is 2.35. The maximum Gasteiger partial charge on any atom is 0.224 e. The molecule has 1 aliphatic rings. The fourth-order valence-corrected chi connectivity index (χ4v) is 1.81. The van der Waals surface area contributed by atoms with E-state index in [1.165, 1.54) is 0 Å². The molecule has 1 saturated heterocycles. The second-order valence-corrected chi connectivity index (χ2v) is 4.36. The van der Waals surface area contributed by atoms with Gasteiger partial charge in [0, 0.05) is 31.1 Å². The molecule has 0 radical (unpaired) electrons. The van der Waals surface area contributed by atoms with E-state index >= 15 is 0 Å². The number of carbonyl (C=O) groups excluding carboxylic acids is 1. The minimum absolute atomic E-state index is 0.285. The standard InChI is InChI=1S/C10H20N2O/c1-7(2)11-9-5-10(13)12(6-9)8(3)4/h7-9,11H,5-6H2,1-4H3. The van der Waals surface area contributed by atoms with Crippen LogP contribution < -0.4 is 5.32 Å². The van der Waals surface area contributed by atoms with Gasteiger partial charge in [-0.25, -0.2) is 0 Å². The molecule has 1 unspecified atom stereocenters. The summed E-state index contributed by atoms with van der Waals surface area (Å²) in [4.78, 5) is 13.4. The van der Waals surface area contributed by atoms with Crippen LogP contribution in [0.5, 0.6) is 0 Å². The predicted octanol–water partition coefficient (Wildman–Crippen LogP) is 0.994. The monoisotopic (exact) mass is 184 g/mol. The van der Waals surface area contributed by atoms with Crippen LogP contribution in [-0.2, 0) is 4.79 Å². The lowest BCUT2D eigenvalue weighted by molar-refractivity contribution is -0.129. The van der Waals surface area contributed by atoms with Gasteiger partial charge >= 0.3 is 0 Å². The van der Waals surface area contributed by atoms with Gasteiger partial charge in [-0.05, 0) is 13.8 Å². The van der Waals surface area contributed by atoms with Crippen molar-refractivity contribution in [1.29, 1.82) is 0 Å². The topological polar surface area (TPSA) is 32.3 Å². The second-order valence-electron chi connectivity index (χ2n) is 4.36. The van der Waals surface area contributed by atoms with Crippen molar-refractivity contribution in [2.45, 2.75) is 52.2 Å². The maximum atomic E-state index is 11.5. The van der Waals surface area contributed by atoms with Gasteiger partial charge in [0.15, 0.2) is 0 Å². The summed E-state index contributed by atoms with van der Waals surface area (Å²) in [6.07, 6.45) is 0.663. The van der Waals surface area contributed by atoms with Crippen LogP contribution in [0, 0.1) is 0 Å². The van der Waals surface area contributed by atoms with Crippen LogP contribution in [-0.4, -0.2) is 35.5 Å². The van der Waals surface area contributed by atoms with E-state index in [1.807, 2.05) is 4.90 Å². The van der Waals surface area contributed by atoms with Gasteiger partial charge in [-0.1, -0.05) is 13.8 Å². The van der Waals surface area contributed by atoms with Gasteiger partial charge in [-0.3, -0.25) is 4.79 Å². The average molecular weight is 184 g/mol. The molecular weight excluding hydrogens is 164 g/mol. The van der Waals surface area contributed by atoms with Crippen molar-refractivity contribution < 1.29 is 4.79 Å². The lowest BCUT2D eigenvalue weighted by atomic mass is 10.2. The summed E-state index contributed by atoms with van der Waals surface area (Å²) in [5, 5.41) is 3.39. The number of carbonyl (C=O) groups is 1.